The zero-order valence-electron chi connectivity index (χ0n) is 12.3. The molecule has 0 aromatic carbocycles. The van der Waals surface area contributed by atoms with Gasteiger partial charge in [0, 0.05) is 6.16 Å². The summed E-state index contributed by atoms with van der Waals surface area (Å²) in [5, 5.41) is 0. The lowest BCUT2D eigenvalue weighted by Gasteiger charge is -2.53. The molecule has 28 heavy (non-hydrogen) atoms. The van der Waals surface area contributed by atoms with Gasteiger partial charge in [-0.3, -0.25) is 0 Å². The van der Waals surface area contributed by atoms with Gasteiger partial charge in [0.1, 0.15) is 5.41 Å². The molecule has 18 heteroatoms. The summed E-state index contributed by atoms with van der Waals surface area (Å²) in [5.41, 5.74) is -30.5. The van der Waals surface area contributed by atoms with Gasteiger partial charge in [-0.25, -0.2) is 13.0 Å². The third-order valence-corrected chi connectivity index (χ3v) is 5.85. The van der Waals surface area contributed by atoms with Crippen molar-refractivity contribution in [3.05, 3.63) is 0 Å². The number of hydrogen-bond acceptors (Lipinski definition) is 0. The van der Waals surface area contributed by atoms with E-state index in [9.17, 15) is 74.4 Å². The Hall–Kier alpha value is -0.760. The minimum Gasteiger partial charge on any atom is -0.222 e. The van der Waals surface area contributed by atoms with Crippen LogP contribution in [0, 0.1) is 5.41 Å². The molecule has 0 aliphatic carbocycles. The summed E-state index contributed by atoms with van der Waals surface area (Å²) < 4.78 is 224. The second kappa shape index (κ2) is 6.13. The second-order valence-corrected chi connectivity index (χ2v) is 7.32. The van der Waals surface area contributed by atoms with Crippen molar-refractivity contribution < 1.29 is 74.4 Å². The fourth-order valence-corrected chi connectivity index (χ4v) is 4.70. The van der Waals surface area contributed by atoms with Crippen LogP contribution >= 0.6 is 8.23 Å². The summed E-state index contributed by atoms with van der Waals surface area (Å²) in [4.78, 5) is 0. The van der Waals surface area contributed by atoms with Gasteiger partial charge in [0.15, 0.2) is 8.23 Å². The first kappa shape index (κ1) is 25.3. The summed E-state index contributed by atoms with van der Waals surface area (Å²) in [5.74, 6) is 0. The minimum absolute atomic E-state index is 2.49. The second-order valence-electron chi connectivity index (χ2n) is 5.59. The molecule has 0 nitrogen and oxygen atoms in total. The molecule has 0 N–H and O–H groups in total. The van der Waals surface area contributed by atoms with Gasteiger partial charge in [-0.05, 0) is 6.42 Å². The Bertz CT molecular complexity index is 525. The number of rotatable bonds is 2. The molecule has 1 fully saturated rings. The van der Waals surface area contributed by atoms with Gasteiger partial charge < -0.3 is 0 Å². The predicted molar refractivity (Wildman–Crippen MR) is 56.8 cm³/mol. The molecule has 1 heterocycles. The van der Waals surface area contributed by atoms with E-state index in [0.717, 1.165) is 0 Å². The number of alkyl halides is 16. The van der Waals surface area contributed by atoms with Crippen LogP contribution < -0.4 is 0 Å². The minimum atomic E-state index is -8.13. The Morgan fingerprint density at radius 3 is 0.929 bits per heavy atom. The summed E-state index contributed by atoms with van der Waals surface area (Å²) in [7, 11) is -5.33. The fourth-order valence-electron chi connectivity index (χ4n) is 3.05. The molecule has 1 rings (SSSR count). The van der Waals surface area contributed by atoms with Crippen molar-refractivity contribution in [2.45, 2.75) is 48.1 Å². The van der Waals surface area contributed by atoms with Crippen LogP contribution in [-0.4, -0.2) is 47.9 Å². The number of hydrogen-bond donors (Lipinski definition) is 0. The first-order valence-corrected chi connectivity index (χ1v) is 7.75. The lowest BCUT2D eigenvalue weighted by Crippen LogP contribution is -2.80. The quantitative estimate of drug-likeness (QED) is 0.296. The highest BCUT2D eigenvalue weighted by Crippen LogP contribution is 2.82. The van der Waals surface area contributed by atoms with Crippen LogP contribution in [0.2, 0.25) is 0 Å². The van der Waals surface area contributed by atoms with Crippen LogP contribution in [0.15, 0.2) is 0 Å². The highest BCUT2D eigenvalue weighted by Gasteiger charge is 3.01. The van der Waals surface area contributed by atoms with E-state index in [1.54, 1.807) is 0 Å². The molecule has 0 radical (unpaired) electrons. The molecule has 1 saturated heterocycles. The molecular formula is C10H4F17P. The van der Waals surface area contributed by atoms with Crippen molar-refractivity contribution in [1.29, 1.82) is 0 Å². The van der Waals surface area contributed by atoms with Crippen LogP contribution in [0.4, 0.5) is 74.4 Å². The van der Waals surface area contributed by atoms with Gasteiger partial charge >= 0.3 is 41.7 Å². The van der Waals surface area contributed by atoms with Gasteiger partial charge in [-0.2, -0.15) is 61.5 Å². The van der Waals surface area contributed by atoms with Crippen LogP contribution in [0.5, 0.6) is 0 Å². The van der Waals surface area contributed by atoms with Crippen molar-refractivity contribution in [3.8, 4) is 0 Å². The molecule has 1 aliphatic rings. The van der Waals surface area contributed by atoms with Gasteiger partial charge in [0.05, 0.1) is 0 Å². The average Bonchev–Trinajstić information content (AvgIpc) is 2.64. The van der Waals surface area contributed by atoms with Crippen molar-refractivity contribution in [2.75, 3.05) is 6.16 Å². The molecule has 0 aromatic heterocycles. The highest BCUT2D eigenvalue weighted by molar-refractivity contribution is 7.53. The predicted octanol–water partition coefficient (Wildman–Crippen LogP) is 7.00. The van der Waals surface area contributed by atoms with E-state index in [1.165, 1.54) is 0 Å². The summed E-state index contributed by atoms with van der Waals surface area (Å²) in [6, 6.07) is 0. The molecule has 1 aliphatic heterocycles. The average molecular weight is 478 g/mol. The van der Waals surface area contributed by atoms with Crippen molar-refractivity contribution in [2.24, 2.45) is 5.41 Å². The van der Waals surface area contributed by atoms with Gasteiger partial charge in [0.2, 0.25) is 0 Å². The van der Waals surface area contributed by atoms with Crippen molar-refractivity contribution in [3.63, 3.8) is 0 Å². The SMILES string of the molecule is FP1CCC(C(F)(C(F)(F)F)C(F)(F)F)(C(F)(C(F)(F)F)C(F)(F)F)C1(F)F. The van der Waals surface area contributed by atoms with Crippen LogP contribution in [0.1, 0.15) is 6.42 Å². The number of halogens is 17. The van der Waals surface area contributed by atoms with Crippen LogP contribution in [0.25, 0.3) is 0 Å². The standard InChI is InChI=1S/C10H4F17P/c11-4(6(13,14)15,7(16,17)18)3(1-2-28(27)10(3,25)26)5(12,8(19,20)21)9(22,23)24/h1-2H2. The highest BCUT2D eigenvalue weighted by atomic mass is 31.2. The fraction of sp³-hybridized carbons (Fsp3) is 1.00. The first-order valence-electron chi connectivity index (χ1n) is 6.34. The van der Waals surface area contributed by atoms with E-state index in [-0.39, 0.29) is 0 Å². The molecular weight excluding hydrogens is 474 g/mol. The zero-order valence-corrected chi connectivity index (χ0v) is 13.2. The maximum absolute atomic E-state index is 14.3. The molecule has 168 valence electrons. The Balaban J connectivity index is 4.34. The molecule has 0 amide bonds. The largest absolute Gasteiger partial charge is 0.432 e. The van der Waals surface area contributed by atoms with Crippen molar-refractivity contribution >= 4 is 8.23 Å². The van der Waals surface area contributed by atoms with Crippen LogP contribution in [0.3, 0.4) is 0 Å². The third-order valence-electron chi connectivity index (χ3n) is 4.24. The van der Waals surface area contributed by atoms with Gasteiger partial charge in [0.25, 0.3) is 0 Å². The topological polar surface area (TPSA) is 0 Å². The zero-order chi connectivity index (χ0) is 23.0. The Morgan fingerprint density at radius 2 is 0.786 bits per heavy atom. The Morgan fingerprint density at radius 1 is 0.536 bits per heavy atom. The van der Waals surface area contributed by atoms with E-state index < -0.39 is 67.9 Å². The van der Waals surface area contributed by atoms with E-state index in [0.29, 0.717) is 0 Å². The van der Waals surface area contributed by atoms with Crippen molar-refractivity contribution in [1.82, 2.24) is 0 Å². The molecule has 1 unspecified atom stereocenters. The first-order chi connectivity index (χ1) is 11.9. The van der Waals surface area contributed by atoms with E-state index in [1.807, 2.05) is 0 Å². The lowest BCUT2D eigenvalue weighted by atomic mass is 9.59. The monoisotopic (exact) mass is 478 g/mol. The maximum atomic E-state index is 14.3. The van der Waals surface area contributed by atoms with E-state index in [2.05, 4.69) is 0 Å². The summed E-state index contributed by atoms with van der Waals surface area (Å²) in [6.45, 7) is 0. The lowest BCUT2D eigenvalue weighted by molar-refractivity contribution is -0.464. The van der Waals surface area contributed by atoms with Crippen LogP contribution in [-0.2, 0) is 0 Å². The summed E-state index contributed by atoms with van der Waals surface area (Å²) >= 11 is 0. The summed E-state index contributed by atoms with van der Waals surface area (Å²) in [6.07, 6.45) is -37.8. The molecule has 0 saturated carbocycles. The maximum Gasteiger partial charge on any atom is 0.432 e. The third kappa shape index (κ3) is 2.69. The molecule has 0 bridgehead atoms. The van der Waals surface area contributed by atoms with Gasteiger partial charge in [-0.1, -0.05) is 0 Å². The molecule has 0 aromatic rings. The Labute approximate surface area is 143 Å². The molecule has 0 spiro atoms. The smallest absolute Gasteiger partial charge is 0.222 e. The van der Waals surface area contributed by atoms with E-state index in [4.69, 9.17) is 0 Å². The Kier molecular flexibility index (Phi) is 5.53. The normalized spacial score (nSPS) is 24.5. The van der Waals surface area contributed by atoms with Gasteiger partial charge in [-0.15, -0.1) is 0 Å². The van der Waals surface area contributed by atoms with E-state index >= 15 is 0 Å². The molecule has 1 atom stereocenters.